The Kier molecular flexibility index (Phi) is 7.50. The number of sulfonamides is 1. The normalized spacial score (nSPS) is 24.9. The van der Waals surface area contributed by atoms with Crippen LogP contribution in [0.25, 0.3) is 0 Å². The molecule has 9 nitrogen and oxygen atoms in total. The summed E-state index contributed by atoms with van der Waals surface area (Å²) in [5, 5.41) is 6.45. The predicted molar refractivity (Wildman–Crippen MR) is 146 cm³/mol. The van der Waals surface area contributed by atoms with Crippen molar-refractivity contribution in [2.24, 2.45) is 10.8 Å². The summed E-state index contributed by atoms with van der Waals surface area (Å²) < 4.78 is 45.5. The van der Waals surface area contributed by atoms with Crippen LogP contribution >= 0.6 is 7.52 Å². The van der Waals surface area contributed by atoms with Gasteiger partial charge in [-0.1, -0.05) is 48.1 Å². The third-order valence-electron chi connectivity index (χ3n) is 6.06. The van der Waals surface area contributed by atoms with Crippen LogP contribution < -0.4 is 20.4 Å². The van der Waals surface area contributed by atoms with E-state index in [1.165, 1.54) is 6.07 Å². The van der Waals surface area contributed by atoms with Crippen LogP contribution in [-0.4, -0.2) is 44.6 Å². The molecule has 2 atom stereocenters. The molecule has 0 radical (unpaired) electrons. The first-order chi connectivity index (χ1) is 16.4. The standard InChI is InChI=1S/C25H39N4O5PS/c1-10-34-35(31)19-15-17(28-36(9,32)33)11-12-18(19)26-23(27-35)20-16(2)29(14-13-24(3,4)5)22(21(20)30)25(6,7)8/h11-12,15,22,26,28H,2,10,13-14H2,1,3-9H3,(H,27,31). The van der Waals surface area contributed by atoms with E-state index in [0.29, 0.717) is 23.5 Å². The van der Waals surface area contributed by atoms with Crippen LogP contribution in [0, 0.1) is 10.8 Å². The molecule has 0 aromatic heterocycles. The average molecular weight is 539 g/mol. The summed E-state index contributed by atoms with van der Waals surface area (Å²) in [6, 6.07) is 4.24. The van der Waals surface area contributed by atoms with E-state index < -0.39 is 23.6 Å². The molecule has 3 rings (SSSR count). The molecule has 1 aromatic rings. The van der Waals surface area contributed by atoms with Crippen LogP contribution in [0.15, 0.2) is 41.9 Å². The zero-order valence-electron chi connectivity index (χ0n) is 22.5. The Bertz CT molecular complexity index is 1260. The van der Waals surface area contributed by atoms with Crippen molar-refractivity contribution in [3.05, 3.63) is 41.9 Å². The maximum atomic E-state index is 14.0. The van der Waals surface area contributed by atoms with Gasteiger partial charge in [-0.3, -0.25) is 19.2 Å². The van der Waals surface area contributed by atoms with E-state index in [1.54, 1.807) is 19.1 Å². The summed E-state index contributed by atoms with van der Waals surface area (Å²) >= 11 is 0. The number of fused-ring (bicyclic) bond motifs is 1. The molecule has 0 saturated carbocycles. The molecule has 0 amide bonds. The molecule has 2 aliphatic heterocycles. The Hall–Kier alpha value is -2.29. The van der Waals surface area contributed by atoms with Crippen LogP contribution in [0.1, 0.15) is 54.9 Å². The second-order valence-electron chi connectivity index (χ2n) is 11.6. The van der Waals surface area contributed by atoms with Gasteiger partial charge in [0.1, 0.15) is 5.82 Å². The monoisotopic (exact) mass is 538 g/mol. The minimum atomic E-state index is -3.70. The molecule has 2 aliphatic rings. The van der Waals surface area contributed by atoms with Gasteiger partial charge in [-0.25, -0.2) is 8.42 Å². The molecule has 2 heterocycles. The van der Waals surface area contributed by atoms with Crippen molar-refractivity contribution in [3.8, 4) is 0 Å². The zero-order chi connectivity index (χ0) is 27.3. The Balaban J connectivity index is 2.11. The molecule has 0 bridgehead atoms. The van der Waals surface area contributed by atoms with Crippen molar-refractivity contribution in [2.45, 2.75) is 60.9 Å². The minimum Gasteiger partial charge on any atom is -0.360 e. The van der Waals surface area contributed by atoms with Gasteiger partial charge in [0.15, 0.2) is 5.78 Å². The minimum absolute atomic E-state index is 0.0737. The predicted octanol–water partition coefficient (Wildman–Crippen LogP) is 4.39. The molecule has 36 heavy (non-hydrogen) atoms. The molecule has 2 unspecified atom stereocenters. The third-order valence-corrected chi connectivity index (χ3v) is 8.81. The van der Waals surface area contributed by atoms with E-state index in [9.17, 15) is 17.8 Å². The number of anilines is 2. The van der Waals surface area contributed by atoms with Crippen LogP contribution in [0.2, 0.25) is 0 Å². The molecule has 3 N–H and O–H groups in total. The maximum Gasteiger partial charge on any atom is 0.327 e. The SMILES string of the molecule is C=C1C(=C2Nc3ccc(NS(C)(=O)=O)cc3P(=O)(OCC)N2)C(=O)C(C(C)(C)C)N1CCC(C)(C)C. The summed E-state index contributed by atoms with van der Waals surface area (Å²) in [6.07, 6.45) is 1.91. The van der Waals surface area contributed by atoms with Gasteiger partial charge < -0.3 is 14.7 Å². The highest BCUT2D eigenvalue weighted by atomic mass is 32.2. The number of nitrogens with zero attached hydrogens (tertiary/aromatic N) is 1. The van der Waals surface area contributed by atoms with Crippen LogP contribution in [0.5, 0.6) is 0 Å². The van der Waals surface area contributed by atoms with E-state index in [1.807, 2.05) is 20.8 Å². The first kappa shape index (κ1) is 28.3. The van der Waals surface area contributed by atoms with E-state index in [2.05, 4.69) is 47.4 Å². The number of hydrogen-bond acceptors (Lipinski definition) is 7. The first-order valence-electron chi connectivity index (χ1n) is 12.0. The van der Waals surface area contributed by atoms with Gasteiger partial charge in [-0.15, -0.1) is 0 Å². The van der Waals surface area contributed by atoms with Crippen molar-refractivity contribution in [1.82, 2.24) is 9.99 Å². The molecular formula is C25H39N4O5PS. The van der Waals surface area contributed by atoms with Gasteiger partial charge in [0.25, 0.3) is 0 Å². The second kappa shape index (κ2) is 9.54. The summed E-state index contributed by atoms with van der Waals surface area (Å²) in [7, 11) is -7.22. The molecule has 1 fully saturated rings. The molecule has 0 aliphatic carbocycles. The van der Waals surface area contributed by atoms with Gasteiger partial charge >= 0.3 is 7.52 Å². The van der Waals surface area contributed by atoms with Crippen molar-refractivity contribution in [3.63, 3.8) is 0 Å². The molecule has 0 spiro atoms. The third kappa shape index (κ3) is 5.98. The van der Waals surface area contributed by atoms with Crippen molar-refractivity contribution in [2.75, 3.05) is 29.4 Å². The van der Waals surface area contributed by atoms with E-state index >= 15 is 0 Å². The number of Topliss-reactive ketones (excluding diaryl/α,β-unsaturated/α-hetero) is 1. The van der Waals surface area contributed by atoms with Gasteiger partial charge in [-0.05, 0) is 42.4 Å². The second-order valence-corrected chi connectivity index (χ2v) is 15.5. The average Bonchev–Trinajstić information content (AvgIpc) is 2.95. The fraction of sp³-hybridized carbons (Fsp3) is 0.560. The lowest BCUT2D eigenvalue weighted by Gasteiger charge is -2.36. The highest BCUT2D eigenvalue weighted by Crippen LogP contribution is 2.50. The fourth-order valence-corrected chi connectivity index (χ4v) is 6.96. The van der Waals surface area contributed by atoms with Crippen LogP contribution in [0.3, 0.4) is 0 Å². The topological polar surface area (TPSA) is 117 Å². The van der Waals surface area contributed by atoms with Crippen LogP contribution in [0.4, 0.5) is 11.4 Å². The lowest BCUT2D eigenvalue weighted by molar-refractivity contribution is -0.120. The molecule has 1 saturated heterocycles. The Morgan fingerprint density at radius 3 is 2.36 bits per heavy atom. The summed E-state index contributed by atoms with van der Waals surface area (Å²) in [5.74, 6) is 0.184. The highest BCUT2D eigenvalue weighted by Gasteiger charge is 2.48. The van der Waals surface area contributed by atoms with Gasteiger partial charge in [-0.2, -0.15) is 0 Å². The van der Waals surface area contributed by atoms with Gasteiger partial charge in [0.05, 0.1) is 35.5 Å². The number of carbonyl (C=O) groups is 1. The molecular weight excluding hydrogens is 499 g/mol. The van der Waals surface area contributed by atoms with E-state index in [-0.39, 0.29) is 40.0 Å². The van der Waals surface area contributed by atoms with Gasteiger partial charge in [0.2, 0.25) is 10.0 Å². The number of likely N-dealkylation sites (tertiary alicyclic amines) is 1. The number of ketones is 1. The molecule has 1 aromatic carbocycles. The van der Waals surface area contributed by atoms with Crippen molar-refractivity contribution >= 4 is 40.0 Å². The van der Waals surface area contributed by atoms with Crippen LogP contribution in [-0.2, 0) is 23.9 Å². The molecule has 200 valence electrons. The maximum absolute atomic E-state index is 14.0. The largest absolute Gasteiger partial charge is 0.360 e. The fourth-order valence-electron chi connectivity index (χ4n) is 4.50. The number of nitrogens with one attached hydrogen (secondary N) is 3. The lowest BCUT2D eigenvalue weighted by Crippen LogP contribution is -2.43. The highest BCUT2D eigenvalue weighted by molar-refractivity contribution is 7.92. The Labute approximate surface area is 215 Å². The number of allylic oxidation sites excluding steroid dienone is 1. The van der Waals surface area contributed by atoms with E-state index in [4.69, 9.17) is 4.52 Å². The zero-order valence-corrected chi connectivity index (χ0v) is 24.2. The first-order valence-corrected chi connectivity index (χ1v) is 15.5. The summed E-state index contributed by atoms with van der Waals surface area (Å²) in [6.45, 7) is 19.4. The summed E-state index contributed by atoms with van der Waals surface area (Å²) in [4.78, 5) is 15.9. The van der Waals surface area contributed by atoms with Crippen molar-refractivity contribution < 1.29 is 22.3 Å². The Morgan fingerprint density at radius 1 is 1.19 bits per heavy atom. The summed E-state index contributed by atoms with van der Waals surface area (Å²) in [5.41, 5.74) is 1.37. The smallest absolute Gasteiger partial charge is 0.327 e. The van der Waals surface area contributed by atoms with Crippen molar-refractivity contribution in [1.29, 1.82) is 0 Å². The van der Waals surface area contributed by atoms with Gasteiger partial charge in [0, 0.05) is 17.9 Å². The quantitative estimate of drug-likeness (QED) is 0.361. The lowest BCUT2D eigenvalue weighted by atomic mass is 9.83. The van der Waals surface area contributed by atoms with E-state index in [0.717, 1.165) is 12.7 Å². The number of rotatable bonds is 6. The Morgan fingerprint density at radius 2 is 1.83 bits per heavy atom. The number of hydrogen-bond donors (Lipinski definition) is 3. The number of carbonyl (C=O) groups excluding carboxylic acids is 1. The number of benzene rings is 1. The molecule has 11 heteroatoms.